The number of quaternary nitrogens is 1. The first kappa shape index (κ1) is 37.7. The average molecular weight is 736 g/mol. The highest BCUT2D eigenvalue weighted by Crippen LogP contribution is 2.35. The molecule has 5 aromatic rings. The third-order valence-corrected chi connectivity index (χ3v) is 10.6. The van der Waals surface area contributed by atoms with Crippen LogP contribution >= 0.6 is 0 Å². The molecule has 0 saturated heterocycles. The van der Waals surface area contributed by atoms with Crippen LogP contribution in [0.2, 0.25) is 0 Å². The monoisotopic (exact) mass is 735 g/mol. The van der Waals surface area contributed by atoms with Gasteiger partial charge in [0, 0.05) is 6.04 Å². The Balaban J connectivity index is 0.00000523. The Kier molecular flexibility index (Phi) is 10.1. The van der Waals surface area contributed by atoms with Gasteiger partial charge in [-0.1, -0.05) is 6.07 Å². The van der Waals surface area contributed by atoms with Gasteiger partial charge in [0.2, 0.25) is 0 Å². The number of aromatic nitrogens is 4. The van der Waals surface area contributed by atoms with E-state index in [0.29, 0.717) is 41.8 Å². The second kappa shape index (κ2) is 13.9. The molecule has 16 heteroatoms. The highest BCUT2D eigenvalue weighted by molar-refractivity contribution is 7.85. The number of imidazole rings is 1. The van der Waals surface area contributed by atoms with Gasteiger partial charge in [0.15, 0.2) is 0 Å². The van der Waals surface area contributed by atoms with Gasteiger partial charge >= 0.3 is 17.9 Å². The molecule has 1 saturated carbocycles. The second-order valence-electron chi connectivity index (χ2n) is 12.8. The fourth-order valence-corrected chi connectivity index (χ4v) is 7.52. The number of nitrogens with zero attached hydrogens (tertiary/aromatic N) is 5. The number of halogens is 3. The molecule has 2 heterocycles. The van der Waals surface area contributed by atoms with Crippen LogP contribution in [0.25, 0.3) is 22.8 Å². The van der Waals surface area contributed by atoms with Crippen molar-refractivity contribution in [1.82, 2.24) is 30.4 Å². The molecule has 12 nitrogen and oxygen atoms in total. The largest absolute Gasteiger partial charge is 0.744 e. The minimum atomic E-state index is -4.68. The summed E-state index contributed by atoms with van der Waals surface area (Å²) in [6.07, 6.45) is -1.75. The molecule has 2 aromatic heterocycles. The summed E-state index contributed by atoms with van der Waals surface area (Å²) < 4.78 is 80.1. The zero-order chi connectivity index (χ0) is 37.0. The molecule has 1 aliphatic rings. The van der Waals surface area contributed by atoms with E-state index in [2.05, 4.69) is 10.4 Å². The molecule has 1 amide bonds. The lowest BCUT2D eigenvalue weighted by Gasteiger charge is -2.36. The molecule has 3 aromatic carbocycles. The summed E-state index contributed by atoms with van der Waals surface area (Å²) >= 11 is 0. The number of nitriles is 1. The predicted octanol–water partition coefficient (Wildman–Crippen LogP) is 6.48. The molecule has 5 N–H and O–H groups in total. The normalized spacial score (nSPS) is 15.8. The molecule has 0 atom stereocenters. The maximum atomic E-state index is 14.1. The molecule has 0 bridgehead atoms. The maximum absolute atomic E-state index is 14.1. The third kappa shape index (κ3) is 6.90. The van der Waals surface area contributed by atoms with Crippen molar-refractivity contribution in [2.75, 3.05) is 0 Å². The summed E-state index contributed by atoms with van der Waals surface area (Å²) in [6, 6.07) is 14.6. The lowest BCUT2D eigenvalue weighted by molar-refractivity contribution is -0.137. The van der Waals surface area contributed by atoms with E-state index in [0.717, 1.165) is 38.0 Å². The molecule has 1 fully saturated rings. The van der Waals surface area contributed by atoms with E-state index >= 15 is 0 Å². The molecule has 0 unspecified atom stereocenters. The number of alkyl halides is 3. The molecular formula is C36H36F3N7O5S. The number of nitrogens with one attached hydrogen (secondary N) is 1. The Morgan fingerprint density at radius 1 is 1.00 bits per heavy atom. The lowest BCUT2D eigenvalue weighted by atomic mass is 9.75. The molecule has 0 aliphatic heterocycles. The van der Waals surface area contributed by atoms with E-state index in [-0.39, 0.29) is 40.1 Å². The minimum absolute atomic E-state index is 0. The molecular weight excluding hydrogens is 700 g/mol. The van der Waals surface area contributed by atoms with Crippen molar-refractivity contribution in [3.8, 4) is 28.8 Å². The van der Waals surface area contributed by atoms with Gasteiger partial charge in [-0.3, -0.25) is 4.57 Å². The molecule has 0 spiro atoms. The van der Waals surface area contributed by atoms with Gasteiger partial charge in [0.05, 0.1) is 51.1 Å². The van der Waals surface area contributed by atoms with Crippen LogP contribution in [0.15, 0.2) is 76.6 Å². The second-order valence-corrected chi connectivity index (χ2v) is 14.1. The van der Waals surface area contributed by atoms with E-state index in [1.165, 1.54) is 36.0 Å². The number of carbonyl (C=O) groups excluding carboxylic acids is 1. The SMILES string of the molecule is Cc1c(CC2CC(NC(=O)n3c(-c4ccnn4-c4ccc(C#N)cc4)c(C)n(-c4cccc(C(F)(F)F)c4)c3=O)C2)cc(S(=O)(=O)[O-])c(C)c1C.[NH4+]. The fraction of sp³-hybridized carbons (Fsp3) is 0.278. The van der Waals surface area contributed by atoms with E-state index in [4.69, 9.17) is 0 Å². The van der Waals surface area contributed by atoms with E-state index in [9.17, 15) is 41.0 Å². The molecule has 0 radical (unpaired) electrons. The van der Waals surface area contributed by atoms with Gasteiger partial charge in [-0.15, -0.1) is 0 Å². The standard InChI is InChI=1S/C36H33F3N6O5S.H3N/c1-20-21(2)26(17-32(22(20)3)51(48,49)50)14-25-15-28(16-25)42-34(46)44-33(31-12-13-41-45(31)29-10-8-24(19-40)9-11-29)23(4)43(35(44)47)30-7-5-6-27(18-30)36(37,38)39;/h5-13,17-18,25,28H,14-16H2,1-4H3,(H,42,46)(H,48,49,50);1H3. The van der Waals surface area contributed by atoms with Crippen LogP contribution in [-0.2, 0) is 22.7 Å². The average Bonchev–Trinajstić information content (AvgIpc) is 3.64. The highest BCUT2D eigenvalue weighted by Gasteiger charge is 2.35. The Bertz CT molecular complexity index is 2400. The fourth-order valence-electron chi connectivity index (χ4n) is 6.71. The van der Waals surface area contributed by atoms with E-state index in [1.807, 2.05) is 13.0 Å². The number of amides is 1. The first-order valence-corrected chi connectivity index (χ1v) is 17.3. The molecule has 1 aliphatic carbocycles. The van der Waals surface area contributed by atoms with Crippen LogP contribution in [-0.4, -0.2) is 44.0 Å². The number of rotatable bonds is 7. The van der Waals surface area contributed by atoms with Gasteiger partial charge in [0.1, 0.15) is 15.8 Å². The van der Waals surface area contributed by atoms with Gasteiger partial charge in [-0.2, -0.15) is 23.5 Å². The van der Waals surface area contributed by atoms with Crippen molar-refractivity contribution in [3.05, 3.63) is 116 Å². The van der Waals surface area contributed by atoms with Crippen molar-refractivity contribution < 1.29 is 30.9 Å². The lowest BCUT2D eigenvalue weighted by Crippen LogP contribution is -2.48. The molecule has 272 valence electrons. The Labute approximate surface area is 297 Å². The minimum Gasteiger partial charge on any atom is -0.744 e. The van der Waals surface area contributed by atoms with Gasteiger partial charge in [-0.25, -0.2) is 27.3 Å². The maximum Gasteiger partial charge on any atom is 0.416 e. The summed E-state index contributed by atoms with van der Waals surface area (Å²) in [6.45, 7) is 6.76. The van der Waals surface area contributed by atoms with E-state index < -0.39 is 33.6 Å². The van der Waals surface area contributed by atoms with Crippen LogP contribution in [0.4, 0.5) is 18.0 Å². The van der Waals surface area contributed by atoms with Crippen molar-refractivity contribution in [3.63, 3.8) is 0 Å². The number of hydrogen-bond acceptors (Lipinski definition) is 7. The van der Waals surface area contributed by atoms with Crippen LogP contribution in [0.5, 0.6) is 0 Å². The van der Waals surface area contributed by atoms with Crippen LogP contribution in [0.1, 0.15) is 51.9 Å². The van der Waals surface area contributed by atoms with E-state index in [1.54, 1.807) is 44.2 Å². The van der Waals surface area contributed by atoms with Crippen LogP contribution < -0.4 is 17.2 Å². The molecule has 52 heavy (non-hydrogen) atoms. The topological polar surface area (TPSA) is 191 Å². The third-order valence-electron chi connectivity index (χ3n) is 9.67. The zero-order valence-corrected chi connectivity index (χ0v) is 29.8. The Morgan fingerprint density at radius 3 is 2.29 bits per heavy atom. The van der Waals surface area contributed by atoms with Crippen LogP contribution in [0, 0.1) is 44.9 Å². The van der Waals surface area contributed by atoms with Crippen molar-refractivity contribution in [1.29, 1.82) is 5.26 Å². The first-order chi connectivity index (χ1) is 24.0. The van der Waals surface area contributed by atoms with Crippen molar-refractivity contribution in [2.24, 2.45) is 5.92 Å². The Hall–Kier alpha value is -5.50. The Morgan fingerprint density at radius 2 is 1.67 bits per heavy atom. The number of benzene rings is 3. The smallest absolute Gasteiger partial charge is 0.416 e. The summed E-state index contributed by atoms with van der Waals surface area (Å²) in [5.41, 5.74) is 2.31. The zero-order valence-electron chi connectivity index (χ0n) is 28.9. The first-order valence-electron chi connectivity index (χ1n) is 15.9. The van der Waals surface area contributed by atoms with Gasteiger partial charge in [0.25, 0.3) is 0 Å². The number of carbonyl (C=O) groups is 1. The van der Waals surface area contributed by atoms with Gasteiger partial charge < -0.3 is 16.0 Å². The van der Waals surface area contributed by atoms with Crippen LogP contribution in [0.3, 0.4) is 0 Å². The summed E-state index contributed by atoms with van der Waals surface area (Å²) in [4.78, 5) is 27.8. The summed E-state index contributed by atoms with van der Waals surface area (Å²) in [5.74, 6) is 0.0451. The van der Waals surface area contributed by atoms with Crippen molar-refractivity contribution in [2.45, 2.75) is 64.1 Å². The van der Waals surface area contributed by atoms with Crippen molar-refractivity contribution >= 4 is 16.1 Å². The summed E-state index contributed by atoms with van der Waals surface area (Å²) in [5, 5.41) is 16.5. The van der Waals surface area contributed by atoms with Gasteiger partial charge in [-0.05, 0) is 130 Å². The number of hydrogen-bond donors (Lipinski definition) is 2. The quantitative estimate of drug-likeness (QED) is 0.179. The highest BCUT2D eigenvalue weighted by atomic mass is 32.2. The summed E-state index contributed by atoms with van der Waals surface area (Å²) in [7, 11) is -4.68. The predicted molar refractivity (Wildman–Crippen MR) is 186 cm³/mol. The molecule has 6 rings (SSSR count).